The lowest BCUT2D eigenvalue weighted by molar-refractivity contribution is -0.174. The van der Waals surface area contributed by atoms with Gasteiger partial charge in [0.25, 0.3) is 0 Å². The highest BCUT2D eigenvalue weighted by molar-refractivity contribution is 5.34. The summed E-state index contributed by atoms with van der Waals surface area (Å²) >= 11 is 0. The van der Waals surface area contributed by atoms with Gasteiger partial charge in [0.15, 0.2) is 0 Å². The molecule has 1 aliphatic carbocycles. The van der Waals surface area contributed by atoms with Crippen LogP contribution in [0.2, 0.25) is 0 Å². The first-order valence-corrected chi connectivity index (χ1v) is 10.5. The van der Waals surface area contributed by atoms with E-state index in [2.05, 4.69) is 56.3 Å². The molecule has 4 heteroatoms. The fraction of sp³-hybridized carbons (Fsp3) is 0.583. The lowest BCUT2D eigenvalue weighted by Gasteiger charge is -2.44. The van der Waals surface area contributed by atoms with Crippen LogP contribution in [0.25, 0.3) is 0 Å². The average molecular weight is 385 g/mol. The molecule has 28 heavy (non-hydrogen) atoms. The molecule has 0 saturated carbocycles. The third-order valence-electron chi connectivity index (χ3n) is 6.70. The SMILES string of the molecule is CCC1(COC2=CCC(OCC3(CC)COC3)(c3ccccc3)C=C2)COC1. The molecule has 2 heterocycles. The zero-order valence-electron chi connectivity index (χ0n) is 17.1. The maximum Gasteiger partial charge on any atom is 0.115 e. The summed E-state index contributed by atoms with van der Waals surface area (Å²) in [6.07, 6.45) is 9.37. The third kappa shape index (κ3) is 3.78. The molecule has 1 atom stereocenters. The maximum absolute atomic E-state index is 6.62. The lowest BCUT2D eigenvalue weighted by atomic mass is 9.82. The molecule has 3 aliphatic rings. The number of allylic oxidation sites excluding steroid dienone is 1. The van der Waals surface area contributed by atoms with Gasteiger partial charge in [-0.15, -0.1) is 0 Å². The molecule has 0 radical (unpaired) electrons. The third-order valence-corrected chi connectivity index (χ3v) is 6.70. The normalized spacial score (nSPS) is 27.4. The van der Waals surface area contributed by atoms with E-state index < -0.39 is 5.60 Å². The van der Waals surface area contributed by atoms with Crippen LogP contribution in [0.4, 0.5) is 0 Å². The van der Waals surface area contributed by atoms with Crippen molar-refractivity contribution < 1.29 is 18.9 Å². The monoisotopic (exact) mass is 384 g/mol. The Hall–Kier alpha value is -1.62. The van der Waals surface area contributed by atoms with E-state index in [0.29, 0.717) is 6.61 Å². The molecule has 4 rings (SSSR count). The highest BCUT2D eigenvalue weighted by Gasteiger charge is 2.42. The van der Waals surface area contributed by atoms with E-state index in [9.17, 15) is 0 Å². The van der Waals surface area contributed by atoms with Crippen LogP contribution < -0.4 is 0 Å². The van der Waals surface area contributed by atoms with Crippen LogP contribution in [-0.4, -0.2) is 39.6 Å². The Balaban J connectivity index is 1.45. The zero-order chi connectivity index (χ0) is 19.5. The molecule has 2 saturated heterocycles. The topological polar surface area (TPSA) is 36.9 Å². The Morgan fingerprint density at radius 2 is 1.54 bits per heavy atom. The van der Waals surface area contributed by atoms with Gasteiger partial charge < -0.3 is 18.9 Å². The van der Waals surface area contributed by atoms with Crippen molar-refractivity contribution in [1.82, 2.24) is 0 Å². The lowest BCUT2D eigenvalue weighted by Crippen LogP contribution is -2.48. The van der Waals surface area contributed by atoms with Gasteiger partial charge in [-0.05, 0) is 36.6 Å². The second-order valence-corrected chi connectivity index (χ2v) is 8.67. The van der Waals surface area contributed by atoms with Gasteiger partial charge in [0.05, 0.1) is 45.1 Å². The second-order valence-electron chi connectivity index (χ2n) is 8.67. The fourth-order valence-electron chi connectivity index (χ4n) is 3.92. The molecule has 1 aromatic carbocycles. The van der Waals surface area contributed by atoms with Crippen LogP contribution in [0, 0.1) is 10.8 Å². The summed E-state index contributed by atoms with van der Waals surface area (Å²) in [6.45, 7) is 9.05. The molecule has 0 N–H and O–H groups in total. The van der Waals surface area contributed by atoms with Gasteiger partial charge in [0, 0.05) is 11.8 Å². The molecule has 0 spiro atoms. The van der Waals surface area contributed by atoms with Crippen molar-refractivity contribution in [3.8, 4) is 0 Å². The summed E-state index contributed by atoms with van der Waals surface area (Å²) in [7, 11) is 0. The largest absolute Gasteiger partial charge is 0.493 e. The predicted octanol–water partition coefficient (Wildman–Crippen LogP) is 4.61. The molecule has 2 fully saturated rings. The highest BCUT2D eigenvalue weighted by Crippen LogP contribution is 2.40. The minimum absolute atomic E-state index is 0.161. The zero-order valence-corrected chi connectivity index (χ0v) is 17.1. The first-order chi connectivity index (χ1) is 13.6. The van der Waals surface area contributed by atoms with Gasteiger partial charge in [-0.25, -0.2) is 0 Å². The average Bonchev–Trinajstić information content (AvgIpc) is 2.69. The first-order valence-electron chi connectivity index (χ1n) is 10.5. The van der Waals surface area contributed by atoms with E-state index in [4.69, 9.17) is 18.9 Å². The van der Waals surface area contributed by atoms with E-state index in [-0.39, 0.29) is 10.8 Å². The van der Waals surface area contributed by atoms with Crippen LogP contribution in [0.3, 0.4) is 0 Å². The Morgan fingerprint density at radius 1 is 0.893 bits per heavy atom. The molecule has 0 aromatic heterocycles. The van der Waals surface area contributed by atoms with Crippen molar-refractivity contribution in [2.75, 3.05) is 39.6 Å². The second kappa shape index (κ2) is 8.02. The van der Waals surface area contributed by atoms with Gasteiger partial charge in [-0.3, -0.25) is 0 Å². The van der Waals surface area contributed by atoms with E-state index in [1.54, 1.807) is 0 Å². The van der Waals surface area contributed by atoms with E-state index in [0.717, 1.165) is 58.1 Å². The van der Waals surface area contributed by atoms with Crippen LogP contribution in [0.1, 0.15) is 38.7 Å². The molecular weight excluding hydrogens is 352 g/mol. The van der Waals surface area contributed by atoms with Crippen molar-refractivity contribution in [3.05, 3.63) is 59.9 Å². The molecule has 0 amide bonds. The molecule has 152 valence electrons. The van der Waals surface area contributed by atoms with Crippen molar-refractivity contribution in [3.63, 3.8) is 0 Å². The summed E-state index contributed by atoms with van der Waals surface area (Å²) in [5.41, 5.74) is 1.10. The van der Waals surface area contributed by atoms with E-state index in [1.165, 1.54) is 5.56 Å². The number of benzene rings is 1. The van der Waals surface area contributed by atoms with Gasteiger partial charge in [-0.1, -0.05) is 44.2 Å². The first kappa shape index (κ1) is 19.7. The number of hydrogen-bond acceptors (Lipinski definition) is 4. The van der Waals surface area contributed by atoms with Crippen LogP contribution >= 0.6 is 0 Å². The summed E-state index contributed by atoms with van der Waals surface area (Å²) in [6, 6.07) is 10.5. The van der Waals surface area contributed by atoms with Crippen molar-refractivity contribution in [1.29, 1.82) is 0 Å². The molecule has 2 aliphatic heterocycles. The van der Waals surface area contributed by atoms with Crippen molar-refractivity contribution in [2.24, 2.45) is 10.8 Å². The van der Waals surface area contributed by atoms with E-state index in [1.807, 2.05) is 6.07 Å². The van der Waals surface area contributed by atoms with Gasteiger partial charge in [-0.2, -0.15) is 0 Å². The Kier molecular flexibility index (Phi) is 5.64. The summed E-state index contributed by atoms with van der Waals surface area (Å²) in [4.78, 5) is 0. The van der Waals surface area contributed by atoms with Crippen molar-refractivity contribution >= 4 is 0 Å². The molecule has 1 aromatic rings. The summed E-state index contributed by atoms with van der Waals surface area (Å²) in [5, 5.41) is 0. The van der Waals surface area contributed by atoms with Crippen LogP contribution in [0.5, 0.6) is 0 Å². The van der Waals surface area contributed by atoms with E-state index >= 15 is 0 Å². The quantitative estimate of drug-likeness (QED) is 0.623. The number of rotatable bonds is 9. The van der Waals surface area contributed by atoms with Crippen LogP contribution in [-0.2, 0) is 24.5 Å². The van der Waals surface area contributed by atoms with Crippen molar-refractivity contribution in [2.45, 2.75) is 38.7 Å². The Morgan fingerprint density at radius 3 is 2.04 bits per heavy atom. The molecular formula is C24H32O4. The Bertz CT molecular complexity index is 704. The minimum Gasteiger partial charge on any atom is -0.493 e. The number of hydrogen-bond donors (Lipinski definition) is 0. The molecule has 1 unspecified atom stereocenters. The van der Waals surface area contributed by atoms with Gasteiger partial charge in [0.1, 0.15) is 11.4 Å². The molecule has 4 nitrogen and oxygen atoms in total. The van der Waals surface area contributed by atoms with Gasteiger partial charge >= 0.3 is 0 Å². The Labute approximate surface area is 168 Å². The maximum atomic E-state index is 6.62. The standard InChI is InChI=1S/C24H32O4/c1-3-22(14-25-15-22)18-27-21-10-12-24(13-11-21,20-8-6-5-7-9-20)28-19-23(4-2)16-26-17-23/h5-12H,3-4,13-19H2,1-2H3. The summed E-state index contributed by atoms with van der Waals surface area (Å²) < 4.78 is 23.6. The molecule has 0 bridgehead atoms. The van der Waals surface area contributed by atoms with Gasteiger partial charge in [0.2, 0.25) is 0 Å². The highest BCUT2D eigenvalue weighted by atomic mass is 16.5. The summed E-state index contributed by atoms with van der Waals surface area (Å²) in [5.74, 6) is 0.937. The van der Waals surface area contributed by atoms with Crippen LogP contribution in [0.15, 0.2) is 54.3 Å². The smallest absolute Gasteiger partial charge is 0.115 e. The number of ether oxygens (including phenoxy) is 4. The fourth-order valence-corrected chi connectivity index (χ4v) is 3.92. The minimum atomic E-state index is -0.437. The predicted molar refractivity (Wildman–Crippen MR) is 109 cm³/mol.